The van der Waals surface area contributed by atoms with Crippen molar-refractivity contribution in [2.75, 3.05) is 131 Å². The summed E-state index contributed by atoms with van der Waals surface area (Å²) in [5, 5.41) is 28.3. The minimum Gasteiger partial charge on any atom is -0.395 e. The molecule has 18 nitrogen and oxygen atoms in total. The zero-order chi connectivity index (χ0) is 66.6. The van der Waals surface area contributed by atoms with Crippen molar-refractivity contribution in [2.24, 2.45) is 0 Å². The molecule has 0 spiro atoms. The smallest absolute Gasteiger partial charge is 0.234 e. The number of carbonyl (C=O) groups excluding carboxylic acids is 6. The lowest BCUT2D eigenvalue weighted by molar-refractivity contribution is -0.127. The van der Waals surface area contributed by atoms with Crippen LogP contribution in [0.25, 0.3) is 0 Å². The van der Waals surface area contributed by atoms with Gasteiger partial charge >= 0.3 is 0 Å². The van der Waals surface area contributed by atoms with Crippen molar-refractivity contribution in [3.63, 3.8) is 0 Å². The van der Waals surface area contributed by atoms with Gasteiger partial charge in [0.15, 0.2) is 0 Å². The van der Waals surface area contributed by atoms with Crippen molar-refractivity contribution < 1.29 is 36.9 Å². The molecule has 0 bridgehead atoms. The highest BCUT2D eigenvalue weighted by Crippen LogP contribution is 2.14. The maximum absolute atomic E-state index is 13.3. The van der Waals surface area contributed by atoms with E-state index < -0.39 is 0 Å². The van der Waals surface area contributed by atoms with E-state index in [1.807, 2.05) is 37.7 Å². The first-order chi connectivity index (χ1) is 44.5. The summed E-state index contributed by atoms with van der Waals surface area (Å²) in [6, 6.07) is 0. The molecule has 536 valence electrons. The molecular formula is C72H143IN10O8. The van der Waals surface area contributed by atoms with E-state index in [1.54, 1.807) is 0 Å². The zero-order valence-electron chi connectivity index (χ0n) is 59.3. The lowest BCUT2D eigenvalue weighted by Gasteiger charge is -2.27. The number of aliphatic hydroxyl groups excluding tert-OH is 1. The number of unbranched alkanes of at least 4 members (excludes halogenated alkanes) is 36. The molecule has 7 N–H and O–H groups in total. The lowest BCUT2D eigenvalue weighted by atomic mass is 10.1. The third kappa shape index (κ3) is 64.4. The topological polar surface area (TPSA) is 217 Å². The fourth-order valence-electron chi connectivity index (χ4n) is 11.5. The van der Waals surface area contributed by atoms with Gasteiger partial charge in [0, 0.05) is 104 Å². The summed E-state index contributed by atoms with van der Waals surface area (Å²) in [6.45, 7) is 16.4. The summed E-state index contributed by atoms with van der Waals surface area (Å²) >= 11 is 1.87. The molecule has 0 aromatic heterocycles. The number of halogens is 1. The summed E-state index contributed by atoms with van der Waals surface area (Å²) in [5.74, 6) is -0.758. The summed E-state index contributed by atoms with van der Waals surface area (Å²) in [7, 11) is 0. The average Bonchev–Trinajstić information content (AvgIpc) is 3.71. The van der Waals surface area contributed by atoms with Crippen LogP contribution in [0.15, 0.2) is 0 Å². The first-order valence-corrected chi connectivity index (χ1v) is 38.7. The van der Waals surface area contributed by atoms with E-state index in [0.29, 0.717) is 91.7 Å². The maximum Gasteiger partial charge on any atom is 0.234 e. The van der Waals surface area contributed by atoms with Gasteiger partial charge < -0.3 is 40.1 Å². The first-order valence-electron chi connectivity index (χ1n) is 37.8. The van der Waals surface area contributed by atoms with Gasteiger partial charge in [0.05, 0.1) is 39.4 Å². The Balaban J connectivity index is 5.26. The summed E-state index contributed by atoms with van der Waals surface area (Å²) in [4.78, 5) is 87.0. The highest BCUT2D eigenvalue weighted by Gasteiger charge is 2.19. The fourth-order valence-corrected chi connectivity index (χ4v) is 11.7. The molecule has 0 aliphatic carbocycles. The number of carbonyl (C=O) groups is 6. The second-order valence-electron chi connectivity index (χ2n) is 26.0. The van der Waals surface area contributed by atoms with Crippen LogP contribution in [0, 0.1) is 0 Å². The van der Waals surface area contributed by atoms with Gasteiger partial charge in [0.25, 0.3) is 0 Å². The molecule has 6 amide bonds. The second kappa shape index (κ2) is 70.1. The molecule has 0 fully saturated rings. The molecular weight excluding hydrogens is 1260 g/mol. The van der Waals surface area contributed by atoms with Crippen LogP contribution in [0.2, 0.25) is 0 Å². The zero-order valence-corrected chi connectivity index (χ0v) is 61.5. The van der Waals surface area contributed by atoms with Crippen LogP contribution in [0.5, 0.6) is 0 Å². The van der Waals surface area contributed by atoms with Gasteiger partial charge in [-0.25, -0.2) is 0 Å². The first kappa shape index (κ1) is 88.3. The SMILES string of the molecule is CCCCCCCCCCCCNC(=O)CN(CCNC(=O)CCN(CCO)CCN(CCOI)CCC(=O)NCCN(CC(=O)NCCCCCCCCCCCC)CC(=O)NCCCCCCCCCCCC)CC(=O)NCCCCCCCCCCCC. The Kier molecular flexibility index (Phi) is 68.0. The Morgan fingerprint density at radius 3 is 0.747 bits per heavy atom. The Morgan fingerprint density at radius 2 is 0.505 bits per heavy atom. The van der Waals surface area contributed by atoms with Gasteiger partial charge in [-0.05, 0) is 25.7 Å². The number of amides is 6. The van der Waals surface area contributed by atoms with Gasteiger partial charge in [0.2, 0.25) is 35.4 Å². The summed E-state index contributed by atoms with van der Waals surface area (Å²) in [6.07, 6.45) is 49.4. The molecule has 0 aliphatic heterocycles. The molecule has 0 aromatic rings. The van der Waals surface area contributed by atoms with Gasteiger partial charge in [0.1, 0.15) is 23.0 Å². The van der Waals surface area contributed by atoms with Gasteiger partial charge in [-0.3, -0.25) is 48.4 Å². The molecule has 0 saturated carbocycles. The molecule has 0 atom stereocenters. The van der Waals surface area contributed by atoms with Crippen LogP contribution in [0.1, 0.15) is 297 Å². The highest BCUT2D eigenvalue weighted by molar-refractivity contribution is 14.1. The Bertz CT molecular complexity index is 1590. The normalized spacial score (nSPS) is 11.5. The minimum atomic E-state index is -0.154. The molecule has 0 aromatic carbocycles. The van der Waals surface area contributed by atoms with E-state index in [0.717, 1.165) is 51.4 Å². The number of aliphatic hydroxyl groups is 1. The van der Waals surface area contributed by atoms with E-state index in [9.17, 15) is 33.9 Å². The number of hydrogen-bond donors (Lipinski definition) is 7. The van der Waals surface area contributed by atoms with Gasteiger partial charge in [-0.15, -0.1) is 0 Å². The van der Waals surface area contributed by atoms with Crippen molar-refractivity contribution in [2.45, 2.75) is 297 Å². The van der Waals surface area contributed by atoms with Crippen molar-refractivity contribution in [1.82, 2.24) is 51.5 Å². The Morgan fingerprint density at radius 1 is 0.275 bits per heavy atom. The molecule has 0 aliphatic rings. The van der Waals surface area contributed by atoms with Crippen molar-refractivity contribution in [1.29, 1.82) is 0 Å². The summed E-state index contributed by atoms with van der Waals surface area (Å²) in [5.41, 5.74) is 0. The van der Waals surface area contributed by atoms with Crippen LogP contribution in [0.4, 0.5) is 0 Å². The van der Waals surface area contributed by atoms with Crippen LogP contribution < -0.4 is 31.9 Å². The molecule has 19 heteroatoms. The summed E-state index contributed by atoms with van der Waals surface area (Å²) < 4.78 is 5.39. The molecule has 0 saturated heterocycles. The van der Waals surface area contributed by atoms with Crippen molar-refractivity contribution in [3.8, 4) is 0 Å². The standard InChI is InChI=1S/C72H143IN10O8/c1-5-9-13-17-21-25-29-33-37-41-47-74-69(87)63-82(64-70(88)75-48-42-38-34-30-26-22-18-14-10-6-2)55-51-78-67(85)45-53-80(59-61-84)57-58-81(60-62-91-73)54-46-68(86)79-52-56-83(65-71(89)76-49-43-39-35-31-27-23-19-15-11-7-3)66-72(90)77-50-44-40-36-32-28-24-20-16-12-8-4/h84H,5-66H2,1-4H3,(H,74,87)(H,75,88)(H,76,89)(H,77,90)(H,78,85)(H,79,86). The largest absolute Gasteiger partial charge is 0.395 e. The average molecular weight is 1400 g/mol. The second-order valence-corrected chi connectivity index (χ2v) is 26.6. The number of nitrogens with zero attached hydrogens (tertiary/aromatic N) is 4. The molecule has 91 heavy (non-hydrogen) atoms. The van der Waals surface area contributed by atoms with Gasteiger partial charge in [-0.1, -0.05) is 259 Å². The van der Waals surface area contributed by atoms with E-state index in [1.165, 1.54) is 205 Å². The van der Waals surface area contributed by atoms with Crippen molar-refractivity contribution >= 4 is 58.4 Å². The molecule has 0 radical (unpaired) electrons. The monoisotopic (exact) mass is 1400 g/mol. The highest BCUT2D eigenvalue weighted by atomic mass is 127. The van der Waals surface area contributed by atoms with E-state index >= 15 is 0 Å². The third-order valence-electron chi connectivity index (χ3n) is 17.3. The van der Waals surface area contributed by atoms with E-state index in [-0.39, 0.29) is 87.6 Å². The van der Waals surface area contributed by atoms with E-state index in [2.05, 4.69) is 64.5 Å². The number of rotatable bonds is 72. The molecule has 0 rings (SSSR count). The third-order valence-corrected chi connectivity index (χ3v) is 17.8. The lowest BCUT2D eigenvalue weighted by Crippen LogP contribution is -2.46. The Labute approximate surface area is 572 Å². The minimum absolute atomic E-state index is 0.0717. The van der Waals surface area contributed by atoms with Crippen LogP contribution in [0.3, 0.4) is 0 Å². The number of nitrogens with one attached hydrogen (secondary N) is 6. The predicted molar refractivity (Wildman–Crippen MR) is 387 cm³/mol. The van der Waals surface area contributed by atoms with Crippen LogP contribution in [-0.2, 0) is 31.8 Å². The molecule has 0 unspecified atom stereocenters. The van der Waals surface area contributed by atoms with Crippen molar-refractivity contribution in [3.05, 3.63) is 0 Å². The van der Waals surface area contributed by atoms with E-state index in [4.69, 9.17) is 3.07 Å². The fraction of sp³-hybridized carbons (Fsp3) is 0.917. The quantitative estimate of drug-likeness (QED) is 0.0224. The van der Waals surface area contributed by atoms with Crippen LogP contribution in [-0.4, -0.2) is 191 Å². The van der Waals surface area contributed by atoms with Crippen LogP contribution >= 0.6 is 23.0 Å². The Hall–Kier alpha value is -2.69. The molecule has 0 heterocycles. The maximum atomic E-state index is 13.3. The predicted octanol–water partition coefficient (Wildman–Crippen LogP) is 12.7. The van der Waals surface area contributed by atoms with Gasteiger partial charge in [-0.2, -0.15) is 0 Å². The number of hydrogen-bond acceptors (Lipinski definition) is 12.